The van der Waals surface area contributed by atoms with Crippen LogP contribution in [0.15, 0.2) is 35.5 Å². The number of nitrogens with one attached hydrogen (secondary N) is 2. The Labute approximate surface area is 147 Å². The predicted molar refractivity (Wildman–Crippen MR) is 91.5 cm³/mol. The lowest BCUT2D eigenvalue weighted by Gasteiger charge is -2.22. The summed E-state index contributed by atoms with van der Waals surface area (Å²) in [6.45, 7) is 6.26. The van der Waals surface area contributed by atoms with Crippen LogP contribution in [0.25, 0.3) is 0 Å². The second kappa shape index (κ2) is 9.00. The van der Waals surface area contributed by atoms with Crippen molar-refractivity contribution in [1.29, 1.82) is 0 Å². The van der Waals surface area contributed by atoms with Gasteiger partial charge in [0, 0.05) is 12.6 Å². The van der Waals surface area contributed by atoms with Crippen LogP contribution in [-0.2, 0) is 16.0 Å². The second-order valence-electron chi connectivity index (χ2n) is 6.45. The van der Waals surface area contributed by atoms with Crippen LogP contribution in [0.2, 0.25) is 0 Å². The van der Waals surface area contributed by atoms with Crippen molar-refractivity contribution < 1.29 is 14.0 Å². The highest BCUT2D eigenvalue weighted by Gasteiger charge is 2.19. The number of hydrogen-bond donors (Lipinski definition) is 2. The lowest BCUT2D eigenvalue weighted by molar-refractivity contribution is -0.125. The van der Waals surface area contributed by atoms with Crippen LogP contribution in [0.4, 0.5) is 0 Å². The first-order valence-electron chi connectivity index (χ1n) is 8.39. The highest BCUT2D eigenvalue weighted by Crippen LogP contribution is 2.07. The van der Waals surface area contributed by atoms with Crippen LogP contribution < -0.4 is 10.6 Å². The Morgan fingerprint density at radius 2 is 2.12 bits per heavy atom. The van der Waals surface area contributed by atoms with Gasteiger partial charge in [-0.2, -0.15) is 5.10 Å². The molecule has 0 spiro atoms. The third-order valence-electron chi connectivity index (χ3n) is 3.77. The maximum Gasteiger partial charge on any atom is 0.244 e. The molecular formula is C17H25N5O3. The van der Waals surface area contributed by atoms with Gasteiger partial charge in [0.25, 0.3) is 0 Å². The summed E-state index contributed by atoms with van der Waals surface area (Å²) in [6, 6.07) is 2.91. The molecule has 2 N–H and O–H groups in total. The molecule has 0 radical (unpaired) electrons. The fourth-order valence-corrected chi connectivity index (χ4v) is 2.52. The van der Waals surface area contributed by atoms with Crippen LogP contribution in [0.5, 0.6) is 0 Å². The molecule has 8 heteroatoms. The van der Waals surface area contributed by atoms with Gasteiger partial charge in [-0.3, -0.25) is 9.59 Å². The number of furan rings is 1. The molecule has 0 aliphatic rings. The van der Waals surface area contributed by atoms with Crippen LogP contribution in [-0.4, -0.2) is 39.2 Å². The minimum atomic E-state index is -0.457. The number of carbonyl (C=O) groups is 2. The Kier molecular flexibility index (Phi) is 6.73. The number of hydrogen-bond acceptors (Lipinski definition) is 5. The number of amides is 2. The summed E-state index contributed by atoms with van der Waals surface area (Å²) < 4.78 is 6.68. The van der Waals surface area contributed by atoms with Gasteiger partial charge >= 0.3 is 0 Å². The molecule has 2 aromatic rings. The van der Waals surface area contributed by atoms with E-state index in [1.54, 1.807) is 25.3 Å². The SMILES string of the molecule is CC(C)CC(CNC(=O)C(C)n1cncn1)NC(=O)Cc1ccco1. The quantitative estimate of drug-likeness (QED) is 0.712. The lowest BCUT2D eigenvalue weighted by atomic mass is 10.0. The molecule has 0 aliphatic carbocycles. The Bertz CT molecular complexity index is 652. The Morgan fingerprint density at radius 3 is 2.72 bits per heavy atom. The minimum Gasteiger partial charge on any atom is -0.469 e. The molecule has 8 nitrogen and oxygen atoms in total. The normalized spacial score (nSPS) is 13.4. The summed E-state index contributed by atoms with van der Waals surface area (Å²) in [6.07, 6.45) is 5.38. The highest BCUT2D eigenvalue weighted by molar-refractivity contribution is 5.80. The third-order valence-corrected chi connectivity index (χ3v) is 3.77. The van der Waals surface area contributed by atoms with E-state index in [9.17, 15) is 9.59 Å². The van der Waals surface area contributed by atoms with Gasteiger partial charge in [0.2, 0.25) is 11.8 Å². The molecule has 0 fully saturated rings. The maximum absolute atomic E-state index is 12.2. The van der Waals surface area contributed by atoms with E-state index in [-0.39, 0.29) is 24.3 Å². The largest absolute Gasteiger partial charge is 0.469 e. The zero-order valence-electron chi connectivity index (χ0n) is 14.8. The molecule has 0 saturated carbocycles. The van der Waals surface area contributed by atoms with E-state index in [1.807, 2.05) is 0 Å². The Balaban J connectivity index is 1.86. The predicted octanol–water partition coefficient (Wildman–Crippen LogP) is 1.32. The summed E-state index contributed by atoms with van der Waals surface area (Å²) in [4.78, 5) is 28.2. The summed E-state index contributed by atoms with van der Waals surface area (Å²) in [5.41, 5.74) is 0. The number of nitrogens with zero attached hydrogens (tertiary/aromatic N) is 3. The Hall–Kier alpha value is -2.64. The van der Waals surface area contributed by atoms with Crippen molar-refractivity contribution in [1.82, 2.24) is 25.4 Å². The van der Waals surface area contributed by atoms with Crippen molar-refractivity contribution in [2.24, 2.45) is 5.92 Å². The first-order valence-corrected chi connectivity index (χ1v) is 8.39. The molecule has 2 aromatic heterocycles. The zero-order valence-corrected chi connectivity index (χ0v) is 14.8. The van der Waals surface area contributed by atoms with Gasteiger partial charge in [0.05, 0.1) is 12.7 Å². The fraction of sp³-hybridized carbons (Fsp3) is 0.529. The van der Waals surface area contributed by atoms with E-state index in [1.165, 1.54) is 17.3 Å². The molecule has 2 unspecified atom stereocenters. The van der Waals surface area contributed by atoms with Gasteiger partial charge in [0.1, 0.15) is 24.5 Å². The van der Waals surface area contributed by atoms with Gasteiger partial charge < -0.3 is 15.1 Å². The van der Waals surface area contributed by atoms with E-state index < -0.39 is 6.04 Å². The first-order chi connectivity index (χ1) is 12.0. The second-order valence-corrected chi connectivity index (χ2v) is 6.45. The lowest BCUT2D eigenvalue weighted by Crippen LogP contribution is -2.46. The first kappa shape index (κ1) is 18.7. The molecule has 0 aliphatic heterocycles. The van der Waals surface area contributed by atoms with Gasteiger partial charge in [-0.05, 0) is 31.4 Å². The minimum absolute atomic E-state index is 0.126. The monoisotopic (exact) mass is 347 g/mol. The van der Waals surface area contributed by atoms with Crippen molar-refractivity contribution in [3.8, 4) is 0 Å². The molecule has 2 rings (SSSR count). The summed E-state index contributed by atoms with van der Waals surface area (Å²) in [5, 5.41) is 9.81. The summed E-state index contributed by atoms with van der Waals surface area (Å²) >= 11 is 0. The average molecular weight is 347 g/mol. The van der Waals surface area contributed by atoms with Crippen molar-refractivity contribution in [2.75, 3.05) is 6.54 Å². The van der Waals surface area contributed by atoms with E-state index in [0.29, 0.717) is 18.2 Å². The number of aromatic nitrogens is 3. The van der Waals surface area contributed by atoms with Crippen LogP contribution in [0.1, 0.15) is 39.0 Å². The topological polar surface area (TPSA) is 102 Å². The van der Waals surface area contributed by atoms with Crippen molar-refractivity contribution in [3.05, 3.63) is 36.8 Å². The maximum atomic E-state index is 12.2. The fourth-order valence-electron chi connectivity index (χ4n) is 2.52. The van der Waals surface area contributed by atoms with Crippen molar-refractivity contribution in [2.45, 2.75) is 45.7 Å². The molecule has 0 bridgehead atoms. The van der Waals surface area contributed by atoms with E-state index in [0.717, 1.165) is 6.42 Å². The van der Waals surface area contributed by atoms with Gasteiger partial charge in [-0.1, -0.05) is 13.8 Å². The summed E-state index contributed by atoms with van der Waals surface area (Å²) in [5.74, 6) is 0.710. The molecule has 2 amide bonds. The van der Waals surface area contributed by atoms with E-state index in [2.05, 4.69) is 34.6 Å². The van der Waals surface area contributed by atoms with E-state index >= 15 is 0 Å². The molecule has 136 valence electrons. The van der Waals surface area contributed by atoms with Crippen LogP contribution >= 0.6 is 0 Å². The van der Waals surface area contributed by atoms with Crippen molar-refractivity contribution >= 4 is 11.8 Å². The van der Waals surface area contributed by atoms with Gasteiger partial charge in [-0.15, -0.1) is 0 Å². The van der Waals surface area contributed by atoms with Gasteiger partial charge in [-0.25, -0.2) is 9.67 Å². The van der Waals surface area contributed by atoms with Gasteiger partial charge in [0.15, 0.2) is 0 Å². The van der Waals surface area contributed by atoms with Crippen LogP contribution in [0, 0.1) is 5.92 Å². The standard InChI is InChI=1S/C17H25N5O3/c1-12(2)7-14(21-16(23)8-15-5-4-6-25-15)9-19-17(24)13(3)22-11-18-10-20-22/h4-6,10-14H,7-9H2,1-3H3,(H,19,24)(H,21,23). The zero-order chi connectivity index (χ0) is 18.2. The third kappa shape index (κ3) is 6.06. The molecule has 25 heavy (non-hydrogen) atoms. The smallest absolute Gasteiger partial charge is 0.244 e. The average Bonchev–Trinajstić information content (AvgIpc) is 3.24. The molecule has 2 heterocycles. The molecule has 0 saturated heterocycles. The Morgan fingerprint density at radius 1 is 1.32 bits per heavy atom. The molecular weight excluding hydrogens is 322 g/mol. The molecule has 0 aromatic carbocycles. The van der Waals surface area contributed by atoms with E-state index in [4.69, 9.17) is 4.42 Å². The number of carbonyl (C=O) groups excluding carboxylic acids is 2. The number of rotatable bonds is 9. The van der Waals surface area contributed by atoms with Crippen molar-refractivity contribution in [3.63, 3.8) is 0 Å². The summed E-state index contributed by atoms with van der Waals surface area (Å²) in [7, 11) is 0. The highest BCUT2D eigenvalue weighted by atomic mass is 16.3. The van der Waals surface area contributed by atoms with Crippen LogP contribution in [0.3, 0.4) is 0 Å². The molecule has 2 atom stereocenters.